The lowest BCUT2D eigenvalue weighted by Gasteiger charge is -2.32. The molecule has 5 N–H and O–H groups in total. The zero-order valence-electron chi connectivity index (χ0n) is 26.3. The first kappa shape index (κ1) is 40.2. The van der Waals surface area contributed by atoms with Crippen molar-refractivity contribution in [3.63, 3.8) is 0 Å². The molecule has 2 aliphatic rings. The first-order chi connectivity index (χ1) is 18.1. The van der Waals surface area contributed by atoms with E-state index in [2.05, 4.69) is 81.1 Å². The smallest absolute Gasteiger partial charge is 0.169 e. The minimum Gasteiger partial charge on any atom is -0.401 e. The average Bonchev–Trinajstić information content (AvgIpc) is 3.33. The Bertz CT molecular complexity index is 667. The van der Waals surface area contributed by atoms with Crippen LogP contribution in [0.2, 0.25) is 0 Å². The lowest BCUT2D eigenvalue weighted by Crippen LogP contribution is -2.49. The number of nitrogens with zero attached hydrogens (tertiary/aromatic N) is 2. The summed E-state index contributed by atoms with van der Waals surface area (Å²) < 4.78 is 0. The minimum absolute atomic E-state index is 0.122. The summed E-state index contributed by atoms with van der Waals surface area (Å²) in [5.41, 5.74) is 7.97. The Morgan fingerprint density at radius 3 is 2.24 bits per heavy atom. The number of dihydropyridines is 1. The van der Waals surface area contributed by atoms with Gasteiger partial charge in [-0.2, -0.15) is 0 Å². The van der Waals surface area contributed by atoms with Crippen molar-refractivity contribution in [2.75, 3.05) is 39.8 Å². The molecule has 38 heavy (non-hydrogen) atoms. The second-order valence-electron chi connectivity index (χ2n) is 9.91. The van der Waals surface area contributed by atoms with E-state index in [1.54, 1.807) is 0 Å². The molecule has 2 rings (SSSR count). The van der Waals surface area contributed by atoms with E-state index in [1.165, 1.54) is 18.5 Å². The van der Waals surface area contributed by atoms with E-state index < -0.39 is 0 Å². The number of hydrogen-bond donors (Lipinski definition) is 4. The molecule has 0 aromatic heterocycles. The van der Waals surface area contributed by atoms with Crippen molar-refractivity contribution >= 4 is 12.6 Å². The van der Waals surface area contributed by atoms with E-state index in [0.717, 1.165) is 51.8 Å². The SMILES string of the molecule is C=O.CC.CCC/C(N)=C/NC(C(=O)CN1CCCC1C)C(C)(C)C.CCN(CC)C1=CCNC=C1.CO. The van der Waals surface area contributed by atoms with Crippen molar-refractivity contribution in [1.29, 1.82) is 0 Å². The van der Waals surface area contributed by atoms with E-state index >= 15 is 0 Å². The fourth-order valence-electron chi connectivity index (χ4n) is 4.16. The van der Waals surface area contributed by atoms with Crippen LogP contribution < -0.4 is 16.4 Å². The number of likely N-dealkylation sites (N-methyl/N-ethyl adjacent to an activating group) is 1. The van der Waals surface area contributed by atoms with Gasteiger partial charge in [0.1, 0.15) is 6.79 Å². The molecule has 1 saturated heterocycles. The van der Waals surface area contributed by atoms with Crippen LogP contribution in [0, 0.1) is 5.41 Å². The molecule has 0 aromatic rings. The molecule has 0 bridgehead atoms. The predicted octanol–water partition coefficient (Wildman–Crippen LogP) is 4.42. The molecule has 8 heteroatoms. The van der Waals surface area contributed by atoms with Crippen LogP contribution in [0.25, 0.3) is 0 Å². The van der Waals surface area contributed by atoms with Gasteiger partial charge in [0.05, 0.1) is 12.6 Å². The maximum atomic E-state index is 12.7. The van der Waals surface area contributed by atoms with Crippen LogP contribution in [0.3, 0.4) is 0 Å². The molecule has 8 nitrogen and oxygen atoms in total. The standard InChI is InChI=1S/C17H33N3O.C9H16N2.C2H6.CH4O.CH2O/c1-6-8-14(18)11-19-16(17(3,4)5)15(21)12-20-10-7-9-13(20)2;1-3-11(4-2)9-5-7-10-8-6-9;3*1-2/h11,13,16,19H,6-10,12,18H2,1-5H3;5-7,10H,3-4,8H2,1-2H3;1-2H3;2H,1H3;1H2/b14-11-;;;;. The fourth-order valence-corrected chi connectivity index (χ4v) is 4.16. The molecule has 2 atom stereocenters. The molecule has 2 heterocycles. The highest BCUT2D eigenvalue weighted by Crippen LogP contribution is 2.22. The quantitative estimate of drug-likeness (QED) is 0.323. The first-order valence-corrected chi connectivity index (χ1v) is 14.2. The molecule has 224 valence electrons. The lowest BCUT2D eigenvalue weighted by molar-refractivity contribution is -0.124. The van der Waals surface area contributed by atoms with Gasteiger partial charge in [-0.25, -0.2) is 0 Å². The third-order valence-corrected chi connectivity index (χ3v) is 6.14. The van der Waals surface area contributed by atoms with E-state index in [1.807, 2.05) is 33.0 Å². The summed E-state index contributed by atoms with van der Waals surface area (Å²) in [6.07, 6.45) is 12.4. The molecule has 0 spiro atoms. The number of nitrogens with one attached hydrogen (secondary N) is 2. The molecule has 0 amide bonds. The predicted molar refractivity (Wildman–Crippen MR) is 164 cm³/mol. The monoisotopic (exact) mass is 539 g/mol. The Kier molecular flexibility index (Phi) is 26.4. The normalized spacial score (nSPS) is 17.3. The van der Waals surface area contributed by atoms with Crippen LogP contribution in [0.4, 0.5) is 0 Å². The van der Waals surface area contributed by atoms with Gasteiger partial charge in [0.25, 0.3) is 0 Å². The van der Waals surface area contributed by atoms with E-state index in [9.17, 15) is 4.79 Å². The maximum Gasteiger partial charge on any atom is 0.169 e. The lowest BCUT2D eigenvalue weighted by atomic mass is 9.84. The topological polar surface area (TPSA) is 111 Å². The van der Waals surface area contributed by atoms with Gasteiger partial charge < -0.3 is 31.2 Å². The summed E-state index contributed by atoms with van der Waals surface area (Å²) in [6, 6.07) is 0.330. The number of hydrogen-bond acceptors (Lipinski definition) is 8. The zero-order valence-corrected chi connectivity index (χ0v) is 26.3. The highest BCUT2D eigenvalue weighted by atomic mass is 16.2. The summed E-state index contributed by atoms with van der Waals surface area (Å²) in [4.78, 5) is 25.3. The Morgan fingerprint density at radius 2 is 1.84 bits per heavy atom. The Hall–Kier alpha value is -2.32. The van der Waals surface area contributed by atoms with Gasteiger partial charge >= 0.3 is 0 Å². The number of aliphatic hydroxyl groups excluding tert-OH is 1. The van der Waals surface area contributed by atoms with Crippen molar-refractivity contribution in [3.8, 4) is 0 Å². The molecule has 0 aliphatic carbocycles. The van der Waals surface area contributed by atoms with Crippen molar-refractivity contribution < 1.29 is 14.7 Å². The van der Waals surface area contributed by atoms with Crippen molar-refractivity contribution in [1.82, 2.24) is 20.4 Å². The number of aliphatic hydroxyl groups is 1. The molecule has 2 unspecified atom stereocenters. The van der Waals surface area contributed by atoms with Crippen LogP contribution in [-0.4, -0.2) is 79.4 Å². The van der Waals surface area contributed by atoms with E-state index in [4.69, 9.17) is 15.6 Å². The number of carbonyl (C=O) groups is 2. The van der Waals surface area contributed by atoms with Gasteiger partial charge in [-0.15, -0.1) is 0 Å². The Morgan fingerprint density at radius 1 is 1.26 bits per heavy atom. The van der Waals surface area contributed by atoms with Gasteiger partial charge in [0.2, 0.25) is 0 Å². The maximum absolute atomic E-state index is 12.7. The molecule has 1 fully saturated rings. The number of rotatable bonds is 10. The number of allylic oxidation sites excluding steroid dienone is 2. The Labute approximate surface area is 234 Å². The number of likely N-dealkylation sites (tertiary alicyclic amines) is 1. The third kappa shape index (κ3) is 17.2. The van der Waals surface area contributed by atoms with Gasteiger partial charge in [-0.3, -0.25) is 9.69 Å². The Balaban J connectivity index is -0.000000604. The van der Waals surface area contributed by atoms with Gasteiger partial charge in [-0.1, -0.05) is 48.0 Å². The summed E-state index contributed by atoms with van der Waals surface area (Å²) in [6.45, 7) is 25.7. The third-order valence-electron chi connectivity index (χ3n) is 6.14. The van der Waals surface area contributed by atoms with Crippen LogP contribution in [0.15, 0.2) is 35.9 Å². The van der Waals surface area contributed by atoms with Crippen molar-refractivity contribution in [2.45, 2.75) is 100 Å². The summed E-state index contributed by atoms with van der Waals surface area (Å²) in [7, 11) is 1.00. The largest absolute Gasteiger partial charge is 0.401 e. The molecule has 0 saturated carbocycles. The van der Waals surface area contributed by atoms with Crippen LogP contribution in [0.5, 0.6) is 0 Å². The van der Waals surface area contributed by atoms with Crippen molar-refractivity contribution in [2.24, 2.45) is 11.1 Å². The van der Waals surface area contributed by atoms with Gasteiger partial charge in [-0.05, 0) is 70.3 Å². The van der Waals surface area contributed by atoms with Crippen LogP contribution in [0.1, 0.15) is 88.0 Å². The zero-order chi connectivity index (χ0) is 30.1. The number of ketones is 1. The summed E-state index contributed by atoms with van der Waals surface area (Å²) >= 11 is 0. The second kappa shape index (κ2) is 25.0. The number of Topliss-reactive ketones (excluding diaryl/α,β-unsaturated/α-hetero) is 1. The minimum atomic E-state index is -0.194. The molecular formula is C30H61N5O3. The summed E-state index contributed by atoms with van der Waals surface area (Å²) in [5.74, 6) is 0.261. The highest BCUT2D eigenvalue weighted by Gasteiger charge is 2.33. The number of carbonyl (C=O) groups excluding carboxylic acids is 2. The molecular weight excluding hydrogens is 478 g/mol. The van der Waals surface area contributed by atoms with Crippen molar-refractivity contribution in [3.05, 3.63) is 35.9 Å². The van der Waals surface area contributed by atoms with Crippen LogP contribution in [-0.2, 0) is 9.59 Å². The molecule has 0 radical (unpaired) electrons. The number of nitrogens with two attached hydrogens (primary N) is 1. The van der Waals surface area contributed by atoms with E-state index in [-0.39, 0.29) is 17.2 Å². The van der Waals surface area contributed by atoms with E-state index in [0.29, 0.717) is 12.6 Å². The average molecular weight is 540 g/mol. The molecule has 0 aromatic carbocycles. The fraction of sp³-hybridized carbons (Fsp3) is 0.733. The highest BCUT2D eigenvalue weighted by molar-refractivity contribution is 5.86. The van der Waals surface area contributed by atoms with Gasteiger partial charge in [0, 0.05) is 50.4 Å². The second-order valence-corrected chi connectivity index (χ2v) is 9.91. The first-order valence-electron chi connectivity index (χ1n) is 14.2. The summed E-state index contributed by atoms with van der Waals surface area (Å²) in [5, 5.41) is 13.4. The molecule has 2 aliphatic heterocycles. The van der Waals surface area contributed by atoms with Crippen LogP contribution >= 0.6 is 0 Å². The van der Waals surface area contributed by atoms with Gasteiger partial charge in [0.15, 0.2) is 5.78 Å².